The number of hydrogen-bond acceptors (Lipinski definition) is 3. The van der Waals surface area contributed by atoms with Gasteiger partial charge in [0.15, 0.2) is 0 Å². The SMILES string of the molecule is CN(CCc1cccs1)C(=O)n1ccnc1. The van der Waals surface area contributed by atoms with Crippen molar-refractivity contribution in [2.24, 2.45) is 0 Å². The van der Waals surface area contributed by atoms with Gasteiger partial charge in [-0.05, 0) is 17.9 Å². The molecular formula is C11H13N3OS. The van der Waals surface area contributed by atoms with Crippen LogP contribution in [0.1, 0.15) is 4.88 Å². The van der Waals surface area contributed by atoms with E-state index >= 15 is 0 Å². The molecule has 0 fully saturated rings. The Kier molecular flexibility index (Phi) is 3.36. The fraction of sp³-hybridized carbons (Fsp3) is 0.273. The average molecular weight is 235 g/mol. The van der Waals surface area contributed by atoms with Gasteiger partial charge < -0.3 is 4.90 Å². The maximum Gasteiger partial charge on any atom is 0.329 e. The van der Waals surface area contributed by atoms with Crippen molar-refractivity contribution in [2.45, 2.75) is 6.42 Å². The van der Waals surface area contributed by atoms with Gasteiger partial charge in [0.05, 0.1) is 0 Å². The highest BCUT2D eigenvalue weighted by atomic mass is 32.1. The predicted octanol–water partition coefficient (Wildman–Crippen LogP) is 2.09. The van der Waals surface area contributed by atoms with E-state index in [1.54, 1.807) is 35.7 Å². The van der Waals surface area contributed by atoms with Crippen LogP contribution >= 0.6 is 11.3 Å². The largest absolute Gasteiger partial charge is 0.329 e. The van der Waals surface area contributed by atoms with Crippen molar-refractivity contribution in [3.8, 4) is 0 Å². The third kappa shape index (κ3) is 2.49. The van der Waals surface area contributed by atoms with Crippen molar-refractivity contribution in [1.82, 2.24) is 14.5 Å². The van der Waals surface area contributed by atoms with Crippen LogP contribution < -0.4 is 0 Å². The first-order chi connectivity index (χ1) is 7.77. The summed E-state index contributed by atoms with van der Waals surface area (Å²) in [5, 5.41) is 2.05. The predicted molar refractivity (Wildman–Crippen MR) is 63.7 cm³/mol. The Morgan fingerprint density at radius 3 is 3.12 bits per heavy atom. The molecule has 5 heteroatoms. The van der Waals surface area contributed by atoms with E-state index in [9.17, 15) is 4.79 Å². The van der Waals surface area contributed by atoms with Crippen molar-refractivity contribution in [3.05, 3.63) is 41.1 Å². The lowest BCUT2D eigenvalue weighted by Gasteiger charge is -2.16. The van der Waals surface area contributed by atoms with Crippen molar-refractivity contribution in [3.63, 3.8) is 0 Å². The topological polar surface area (TPSA) is 38.1 Å². The van der Waals surface area contributed by atoms with Crippen LogP contribution in [0.3, 0.4) is 0 Å². The smallest absolute Gasteiger partial charge is 0.327 e. The number of carbonyl (C=O) groups is 1. The summed E-state index contributed by atoms with van der Waals surface area (Å²) in [6.07, 6.45) is 5.67. The highest BCUT2D eigenvalue weighted by Crippen LogP contribution is 2.09. The van der Waals surface area contributed by atoms with Gasteiger partial charge in [0, 0.05) is 30.9 Å². The van der Waals surface area contributed by atoms with Crippen LogP contribution in [0.25, 0.3) is 0 Å². The second-order valence-electron chi connectivity index (χ2n) is 3.50. The van der Waals surface area contributed by atoms with E-state index in [4.69, 9.17) is 0 Å². The van der Waals surface area contributed by atoms with Gasteiger partial charge in [0.2, 0.25) is 0 Å². The Balaban J connectivity index is 1.89. The zero-order valence-corrected chi connectivity index (χ0v) is 9.85. The van der Waals surface area contributed by atoms with Crippen LogP contribution in [0, 0.1) is 0 Å². The van der Waals surface area contributed by atoms with Gasteiger partial charge in [-0.1, -0.05) is 6.07 Å². The molecule has 2 heterocycles. The van der Waals surface area contributed by atoms with Crippen molar-refractivity contribution in [2.75, 3.05) is 13.6 Å². The number of amides is 1. The van der Waals surface area contributed by atoms with Crippen molar-refractivity contribution in [1.29, 1.82) is 0 Å². The maximum atomic E-state index is 11.8. The summed E-state index contributed by atoms with van der Waals surface area (Å²) < 4.78 is 1.48. The lowest BCUT2D eigenvalue weighted by Crippen LogP contribution is -2.31. The summed E-state index contributed by atoms with van der Waals surface area (Å²) in [5.74, 6) is 0. The van der Waals surface area contributed by atoms with E-state index in [1.165, 1.54) is 15.8 Å². The van der Waals surface area contributed by atoms with Gasteiger partial charge in [-0.25, -0.2) is 9.78 Å². The minimum absolute atomic E-state index is 0.0472. The molecule has 0 N–H and O–H groups in total. The average Bonchev–Trinajstić information content (AvgIpc) is 2.96. The van der Waals surface area contributed by atoms with Crippen LogP contribution in [0.2, 0.25) is 0 Å². The first-order valence-corrected chi connectivity index (χ1v) is 5.91. The zero-order chi connectivity index (χ0) is 11.4. The number of likely N-dealkylation sites (N-methyl/N-ethyl adjacent to an activating group) is 1. The quantitative estimate of drug-likeness (QED) is 0.817. The van der Waals surface area contributed by atoms with E-state index in [0.717, 1.165) is 13.0 Å². The lowest BCUT2D eigenvalue weighted by atomic mass is 10.3. The Morgan fingerprint density at radius 2 is 2.50 bits per heavy atom. The van der Waals surface area contributed by atoms with E-state index in [2.05, 4.69) is 11.1 Å². The number of aromatic nitrogens is 2. The fourth-order valence-electron chi connectivity index (χ4n) is 1.40. The summed E-state index contributed by atoms with van der Waals surface area (Å²) in [6.45, 7) is 0.720. The molecule has 2 aromatic rings. The van der Waals surface area contributed by atoms with Crippen molar-refractivity contribution < 1.29 is 4.79 Å². The Hall–Kier alpha value is -1.62. The molecule has 0 spiro atoms. The maximum absolute atomic E-state index is 11.8. The molecule has 0 bridgehead atoms. The monoisotopic (exact) mass is 235 g/mol. The van der Waals surface area contributed by atoms with Gasteiger partial charge in [-0.2, -0.15) is 0 Å². The van der Waals surface area contributed by atoms with E-state index in [0.29, 0.717) is 0 Å². The zero-order valence-electron chi connectivity index (χ0n) is 9.04. The molecule has 0 saturated carbocycles. The number of carbonyl (C=O) groups excluding carboxylic acids is 1. The van der Waals surface area contributed by atoms with E-state index < -0.39 is 0 Å². The van der Waals surface area contributed by atoms with E-state index in [1.807, 2.05) is 11.4 Å². The minimum Gasteiger partial charge on any atom is -0.327 e. The number of rotatable bonds is 3. The van der Waals surface area contributed by atoms with Gasteiger partial charge in [0.1, 0.15) is 6.33 Å². The molecule has 0 unspecified atom stereocenters. The molecule has 0 aromatic carbocycles. The van der Waals surface area contributed by atoms with Crippen LogP contribution in [0.5, 0.6) is 0 Å². The molecule has 0 aliphatic heterocycles. The van der Waals surface area contributed by atoms with Crippen LogP contribution in [-0.2, 0) is 6.42 Å². The molecule has 0 atom stereocenters. The number of nitrogens with zero attached hydrogens (tertiary/aromatic N) is 3. The number of hydrogen-bond donors (Lipinski definition) is 0. The lowest BCUT2D eigenvalue weighted by molar-refractivity contribution is 0.211. The Morgan fingerprint density at radius 1 is 1.62 bits per heavy atom. The molecule has 0 aliphatic rings. The van der Waals surface area contributed by atoms with Crippen LogP contribution in [0.15, 0.2) is 36.2 Å². The summed E-state index contributed by atoms with van der Waals surface area (Å²) in [6, 6.07) is 4.06. The van der Waals surface area contributed by atoms with Gasteiger partial charge in [-0.3, -0.25) is 4.57 Å². The molecule has 1 amide bonds. The summed E-state index contributed by atoms with van der Waals surface area (Å²) in [5.41, 5.74) is 0. The van der Waals surface area contributed by atoms with Crippen molar-refractivity contribution >= 4 is 17.4 Å². The molecule has 16 heavy (non-hydrogen) atoms. The number of thiophene rings is 1. The molecule has 2 aromatic heterocycles. The third-order valence-corrected chi connectivity index (χ3v) is 3.26. The second-order valence-corrected chi connectivity index (χ2v) is 4.54. The molecular weight excluding hydrogens is 222 g/mol. The normalized spacial score (nSPS) is 10.3. The molecule has 2 rings (SSSR count). The molecule has 0 aliphatic carbocycles. The first kappa shape index (κ1) is 10.9. The highest BCUT2D eigenvalue weighted by Gasteiger charge is 2.09. The molecule has 0 radical (unpaired) electrons. The van der Waals surface area contributed by atoms with Gasteiger partial charge in [0.25, 0.3) is 0 Å². The standard InChI is InChI=1S/C11H13N3OS/c1-13(6-4-10-3-2-8-16-10)11(15)14-7-5-12-9-14/h2-3,5,7-9H,4,6H2,1H3. The molecule has 84 valence electrons. The second kappa shape index (κ2) is 4.94. The molecule has 4 nitrogen and oxygen atoms in total. The Labute approximate surface area is 98.1 Å². The fourth-order valence-corrected chi connectivity index (χ4v) is 2.10. The van der Waals surface area contributed by atoms with Crippen LogP contribution in [0.4, 0.5) is 4.79 Å². The first-order valence-electron chi connectivity index (χ1n) is 5.03. The Bertz CT molecular complexity index is 436. The van der Waals surface area contributed by atoms with Gasteiger partial charge >= 0.3 is 6.03 Å². The van der Waals surface area contributed by atoms with Gasteiger partial charge in [-0.15, -0.1) is 11.3 Å². The highest BCUT2D eigenvalue weighted by molar-refractivity contribution is 7.09. The summed E-state index contributed by atoms with van der Waals surface area (Å²) in [7, 11) is 1.80. The summed E-state index contributed by atoms with van der Waals surface area (Å²) >= 11 is 1.72. The number of imidazole rings is 1. The molecule has 0 saturated heterocycles. The van der Waals surface area contributed by atoms with E-state index in [-0.39, 0.29) is 6.03 Å². The summed E-state index contributed by atoms with van der Waals surface area (Å²) in [4.78, 5) is 18.7. The van der Waals surface area contributed by atoms with Crippen LogP contribution in [-0.4, -0.2) is 34.1 Å². The third-order valence-electron chi connectivity index (χ3n) is 2.33. The minimum atomic E-state index is -0.0472.